The van der Waals surface area contributed by atoms with E-state index in [1.807, 2.05) is 0 Å². The quantitative estimate of drug-likeness (QED) is 0.907. The second-order valence-electron chi connectivity index (χ2n) is 5.52. The number of fused-ring (bicyclic) bond motifs is 1. The van der Waals surface area contributed by atoms with Crippen LogP contribution in [0.25, 0.3) is 0 Å². The number of rotatable bonds is 4. The Bertz CT molecular complexity index is 703. The van der Waals surface area contributed by atoms with Gasteiger partial charge in [-0.1, -0.05) is 13.3 Å². The minimum absolute atomic E-state index is 0.216. The average molecular weight is 318 g/mol. The molecule has 0 aliphatic heterocycles. The first-order valence-corrected chi connectivity index (χ1v) is 8.21. The second-order valence-corrected chi connectivity index (χ2v) is 6.63. The third-order valence-electron chi connectivity index (χ3n) is 4.16. The van der Waals surface area contributed by atoms with Gasteiger partial charge in [0.25, 0.3) is 11.8 Å². The molecule has 2 amide bonds. The van der Waals surface area contributed by atoms with E-state index in [9.17, 15) is 9.59 Å². The van der Waals surface area contributed by atoms with Crippen molar-refractivity contribution >= 4 is 28.2 Å². The number of amides is 2. The zero-order valence-corrected chi connectivity index (χ0v) is 13.2. The summed E-state index contributed by atoms with van der Waals surface area (Å²) in [4.78, 5) is 25.1. The summed E-state index contributed by atoms with van der Waals surface area (Å²) in [6.45, 7) is 2.18. The molecule has 0 radical (unpaired) electrons. The Hall–Kier alpha value is -2.08. The van der Waals surface area contributed by atoms with Crippen LogP contribution in [0.4, 0.5) is 5.00 Å². The molecular formula is C16H18N2O3S. The van der Waals surface area contributed by atoms with Crippen molar-refractivity contribution in [3.05, 3.63) is 40.2 Å². The van der Waals surface area contributed by atoms with Gasteiger partial charge in [0.1, 0.15) is 5.00 Å². The molecule has 0 saturated heterocycles. The molecule has 3 N–H and O–H groups in total. The van der Waals surface area contributed by atoms with Crippen LogP contribution in [0.5, 0.6) is 0 Å². The lowest BCUT2D eigenvalue weighted by Gasteiger charge is -2.20. The van der Waals surface area contributed by atoms with E-state index in [0.29, 0.717) is 16.5 Å². The van der Waals surface area contributed by atoms with Crippen molar-refractivity contribution in [2.24, 2.45) is 11.7 Å². The Labute approximate surface area is 132 Å². The molecule has 22 heavy (non-hydrogen) atoms. The fourth-order valence-electron chi connectivity index (χ4n) is 2.92. The molecule has 2 aromatic rings. The van der Waals surface area contributed by atoms with Crippen LogP contribution in [0.1, 0.15) is 51.1 Å². The molecule has 0 aromatic carbocycles. The standard InChI is InChI=1S/C16H18N2O3S/c1-2-9-5-6-10-12(8-9)22-16(13(10)14(17)19)18-15(20)11-4-3-7-21-11/h3-4,7,9H,2,5-6,8H2,1H3,(H2,17,19)(H,18,20)/t9-/m0/s1. The van der Waals surface area contributed by atoms with Crippen LogP contribution in [0, 0.1) is 5.92 Å². The van der Waals surface area contributed by atoms with Gasteiger partial charge in [-0.15, -0.1) is 11.3 Å². The van der Waals surface area contributed by atoms with Crippen LogP contribution in [-0.4, -0.2) is 11.8 Å². The minimum Gasteiger partial charge on any atom is -0.459 e. The third-order valence-corrected chi connectivity index (χ3v) is 5.33. The largest absolute Gasteiger partial charge is 0.459 e. The Morgan fingerprint density at radius 1 is 1.50 bits per heavy atom. The van der Waals surface area contributed by atoms with Gasteiger partial charge in [-0.3, -0.25) is 9.59 Å². The van der Waals surface area contributed by atoms with Crippen molar-refractivity contribution in [1.82, 2.24) is 0 Å². The number of hydrogen-bond donors (Lipinski definition) is 2. The number of hydrogen-bond acceptors (Lipinski definition) is 4. The number of primary amides is 1. The normalized spacial score (nSPS) is 17.0. The van der Waals surface area contributed by atoms with Crippen molar-refractivity contribution in [2.75, 3.05) is 5.32 Å². The summed E-state index contributed by atoms with van der Waals surface area (Å²) in [5.74, 6) is 0.00839. The highest BCUT2D eigenvalue weighted by atomic mass is 32.1. The first kappa shape index (κ1) is 14.8. The molecule has 1 aliphatic rings. The first-order valence-electron chi connectivity index (χ1n) is 7.39. The van der Waals surface area contributed by atoms with E-state index in [4.69, 9.17) is 10.2 Å². The summed E-state index contributed by atoms with van der Waals surface area (Å²) >= 11 is 1.46. The van der Waals surface area contributed by atoms with E-state index in [-0.39, 0.29) is 11.7 Å². The monoisotopic (exact) mass is 318 g/mol. The molecule has 6 heteroatoms. The van der Waals surface area contributed by atoms with Gasteiger partial charge in [0.05, 0.1) is 11.8 Å². The van der Waals surface area contributed by atoms with Crippen molar-refractivity contribution in [3.8, 4) is 0 Å². The summed E-state index contributed by atoms with van der Waals surface area (Å²) < 4.78 is 5.08. The number of thiophene rings is 1. The zero-order chi connectivity index (χ0) is 15.7. The van der Waals surface area contributed by atoms with E-state index in [1.54, 1.807) is 12.1 Å². The molecule has 3 rings (SSSR count). The van der Waals surface area contributed by atoms with Crippen LogP contribution in [0.3, 0.4) is 0 Å². The molecule has 1 aliphatic carbocycles. The van der Waals surface area contributed by atoms with E-state index in [1.165, 1.54) is 22.5 Å². The predicted octanol–water partition coefficient (Wildman–Crippen LogP) is 3.21. The number of furan rings is 1. The molecule has 5 nitrogen and oxygen atoms in total. The Morgan fingerprint density at radius 2 is 2.32 bits per heavy atom. The first-order chi connectivity index (χ1) is 10.6. The molecular weight excluding hydrogens is 300 g/mol. The SMILES string of the molecule is CC[C@H]1CCc2c(sc(NC(=O)c3ccco3)c2C(N)=O)C1. The molecule has 0 spiro atoms. The Balaban J connectivity index is 1.92. The summed E-state index contributed by atoms with van der Waals surface area (Å²) in [6, 6.07) is 3.23. The Kier molecular flexibility index (Phi) is 4.02. The van der Waals surface area contributed by atoms with Crippen LogP contribution in [-0.2, 0) is 12.8 Å². The molecule has 0 fully saturated rings. The molecule has 0 unspecified atom stereocenters. The zero-order valence-electron chi connectivity index (χ0n) is 12.3. The van der Waals surface area contributed by atoms with Crippen LogP contribution >= 0.6 is 11.3 Å². The van der Waals surface area contributed by atoms with Crippen LogP contribution in [0.15, 0.2) is 22.8 Å². The summed E-state index contributed by atoms with van der Waals surface area (Å²) in [5, 5.41) is 3.31. The fraction of sp³-hybridized carbons (Fsp3) is 0.375. The topological polar surface area (TPSA) is 85.3 Å². The van der Waals surface area contributed by atoms with Crippen molar-refractivity contribution < 1.29 is 14.0 Å². The van der Waals surface area contributed by atoms with E-state index in [0.717, 1.165) is 31.2 Å². The van der Waals surface area contributed by atoms with Gasteiger partial charge in [0.15, 0.2) is 5.76 Å². The summed E-state index contributed by atoms with van der Waals surface area (Å²) in [6.07, 6.45) is 5.42. The summed E-state index contributed by atoms with van der Waals surface area (Å²) in [5.41, 5.74) is 7.02. The smallest absolute Gasteiger partial charge is 0.291 e. The van der Waals surface area contributed by atoms with Crippen molar-refractivity contribution in [3.63, 3.8) is 0 Å². The van der Waals surface area contributed by atoms with Gasteiger partial charge in [-0.2, -0.15) is 0 Å². The fourth-order valence-corrected chi connectivity index (χ4v) is 4.29. The van der Waals surface area contributed by atoms with E-state index >= 15 is 0 Å². The number of nitrogens with one attached hydrogen (secondary N) is 1. The van der Waals surface area contributed by atoms with E-state index in [2.05, 4.69) is 12.2 Å². The highest BCUT2D eigenvalue weighted by Gasteiger charge is 2.28. The van der Waals surface area contributed by atoms with Gasteiger partial charge in [0.2, 0.25) is 0 Å². The molecule has 2 heterocycles. The number of nitrogens with two attached hydrogens (primary N) is 1. The highest BCUT2D eigenvalue weighted by Crippen LogP contribution is 2.40. The maximum Gasteiger partial charge on any atom is 0.291 e. The molecule has 0 bridgehead atoms. The number of anilines is 1. The predicted molar refractivity (Wildman–Crippen MR) is 85.3 cm³/mol. The average Bonchev–Trinajstić information content (AvgIpc) is 3.13. The lowest BCUT2D eigenvalue weighted by Crippen LogP contribution is -2.19. The highest BCUT2D eigenvalue weighted by molar-refractivity contribution is 7.17. The molecule has 2 aromatic heterocycles. The maximum atomic E-state index is 12.1. The van der Waals surface area contributed by atoms with Crippen molar-refractivity contribution in [2.45, 2.75) is 32.6 Å². The molecule has 1 atom stereocenters. The number of carbonyl (C=O) groups is 2. The second kappa shape index (κ2) is 5.96. The van der Waals surface area contributed by atoms with Gasteiger partial charge in [-0.05, 0) is 42.9 Å². The molecule has 116 valence electrons. The van der Waals surface area contributed by atoms with E-state index < -0.39 is 5.91 Å². The lowest BCUT2D eigenvalue weighted by atomic mass is 9.85. The van der Waals surface area contributed by atoms with Gasteiger partial charge in [-0.25, -0.2) is 0 Å². The van der Waals surface area contributed by atoms with Crippen LogP contribution < -0.4 is 11.1 Å². The number of carbonyl (C=O) groups excluding carboxylic acids is 2. The van der Waals surface area contributed by atoms with Gasteiger partial charge >= 0.3 is 0 Å². The van der Waals surface area contributed by atoms with Crippen LogP contribution in [0.2, 0.25) is 0 Å². The van der Waals surface area contributed by atoms with Gasteiger partial charge in [0, 0.05) is 4.88 Å². The summed E-state index contributed by atoms with van der Waals surface area (Å²) in [7, 11) is 0. The minimum atomic E-state index is -0.484. The van der Waals surface area contributed by atoms with Gasteiger partial charge < -0.3 is 15.5 Å². The third kappa shape index (κ3) is 2.66. The lowest BCUT2D eigenvalue weighted by molar-refractivity contribution is 0.0997. The molecule has 0 saturated carbocycles. The Morgan fingerprint density at radius 3 is 2.95 bits per heavy atom. The van der Waals surface area contributed by atoms with Crippen molar-refractivity contribution in [1.29, 1.82) is 0 Å². The maximum absolute atomic E-state index is 12.1.